The first-order valence-electron chi connectivity index (χ1n) is 11.5. The van der Waals surface area contributed by atoms with E-state index in [-0.39, 0.29) is 17.4 Å². The lowest BCUT2D eigenvalue weighted by molar-refractivity contribution is -0.130. The zero-order valence-corrected chi connectivity index (χ0v) is 20.1. The van der Waals surface area contributed by atoms with Gasteiger partial charge in [0.15, 0.2) is 0 Å². The van der Waals surface area contributed by atoms with E-state index in [0.29, 0.717) is 19.0 Å². The lowest BCUT2D eigenvalue weighted by Crippen LogP contribution is -2.43. The molecule has 0 N–H and O–H groups in total. The number of rotatable bonds is 9. The molecule has 5 nitrogen and oxygen atoms in total. The molecule has 0 aliphatic carbocycles. The first-order valence-corrected chi connectivity index (χ1v) is 11.5. The van der Waals surface area contributed by atoms with E-state index < -0.39 is 0 Å². The first kappa shape index (κ1) is 24.1. The SMILES string of the molecule is COc1ccc(CN(CCC2(c3ccccc3OC)CCOC(C(C)C)C2)C(C)=O)cc1. The fourth-order valence-electron chi connectivity index (χ4n) is 4.72. The van der Waals surface area contributed by atoms with Gasteiger partial charge in [-0.1, -0.05) is 44.2 Å². The highest BCUT2D eigenvalue weighted by Crippen LogP contribution is 2.45. The molecule has 2 aromatic carbocycles. The highest BCUT2D eigenvalue weighted by Gasteiger charge is 2.41. The molecule has 2 unspecified atom stereocenters. The van der Waals surface area contributed by atoms with Crippen molar-refractivity contribution >= 4 is 5.91 Å². The first-order chi connectivity index (χ1) is 15.4. The topological polar surface area (TPSA) is 48.0 Å². The van der Waals surface area contributed by atoms with Gasteiger partial charge < -0.3 is 19.1 Å². The molecule has 1 fully saturated rings. The van der Waals surface area contributed by atoms with Crippen LogP contribution in [0.25, 0.3) is 0 Å². The Morgan fingerprint density at radius 3 is 2.47 bits per heavy atom. The number of methoxy groups -OCH3 is 2. The molecule has 5 heteroatoms. The normalized spacial score (nSPS) is 20.8. The Morgan fingerprint density at radius 2 is 1.84 bits per heavy atom. The van der Waals surface area contributed by atoms with Gasteiger partial charge >= 0.3 is 0 Å². The van der Waals surface area contributed by atoms with Gasteiger partial charge in [0, 0.05) is 37.6 Å². The van der Waals surface area contributed by atoms with Crippen LogP contribution in [0.3, 0.4) is 0 Å². The second-order valence-corrected chi connectivity index (χ2v) is 9.13. The number of amides is 1. The highest BCUT2D eigenvalue weighted by molar-refractivity contribution is 5.73. The zero-order chi connectivity index (χ0) is 23.1. The Bertz CT molecular complexity index is 879. The van der Waals surface area contributed by atoms with Gasteiger partial charge in [0.2, 0.25) is 5.91 Å². The van der Waals surface area contributed by atoms with Gasteiger partial charge in [-0.3, -0.25) is 4.79 Å². The summed E-state index contributed by atoms with van der Waals surface area (Å²) in [5.41, 5.74) is 2.23. The largest absolute Gasteiger partial charge is 0.497 e. The van der Waals surface area contributed by atoms with Crippen molar-refractivity contribution < 1.29 is 19.0 Å². The number of hydrogen-bond acceptors (Lipinski definition) is 4. The Labute approximate surface area is 192 Å². The number of ether oxygens (including phenoxy) is 3. The minimum Gasteiger partial charge on any atom is -0.497 e. The van der Waals surface area contributed by atoms with Crippen molar-refractivity contribution in [1.82, 2.24) is 4.90 Å². The van der Waals surface area contributed by atoms with Crippen molar-refractivity contribution in [3.05, 3.63) is 59.7 Å². The lowest BCUT2D eigenvalue weighted by Gasteiger charge is -2.44. The number of benzene rings is 2. The summed E-state index contributed by atoms with van der Waals surface area (Å²) in [5.74, 6) is 2.26. The van der Waals surface area contributed by atoms with Crippen molar-refractivity contribution in [2.24, 2.45) is 5.92 Å². The molecule has 2 aromatic rings. The molecule has 1 amide bonds. The summed E-state index contributed by atoms with van der Waals surface area (Å²) in [7, 11) is 3.39. The molecule has 0 radical (unpaired) electrons. The Morgan fingerprint density at radius 1 is 1.12 bits per heavy atom. The van der Waals surface area contributed by atoms with E-state index in [1.165, 1.54) is 5.56 Å². The smallest absolute Gasteiger partial charge is 0.219 e. The van der Waals surface area contributed by atoms with E-state index in [4.69, 9.17) is 14.2 Å². The highest BCUT2D eigenvalue weighted by atomic mass is 16.5. The van der Waals surface area contributed by atoms with Crippen LogP contribution in [0.2, 0.25) is 0 Å². The van der Waals surface area contributed by atoms with E-state index in [1.54, 1.807) is 21.1 Å². The number of carbonyl (C=O) groups is 1. The van der Waals surface area contributed by atoms with Gasteiger partial charge in [0.05, 0.1) is 20.3 Å². The van der Waals surface area contributed by atoms with Gasteiger partial charge in [-0.15, -0.1) is 0 Å². The van der Waals surface area contributed by atoms with Gasteiger partial charge in [-0.05, 0) is 48.9 Å². The van der Waals surface area contributed by atoms with Crippen LogP contribution < -0.4 is 9.47 Å². The van der Waals surface area contributed by atoms with Crippen LogP contribution in [0.1, 0.15) is 51.2 Å². The van der Waals surface area contributed by atoms with Crippen LogP contribution in [0, 0.1) is 5.92 Å². The van der Waals surface area contributed by atoms with Crippen molar-refractivity contribution in [2.75, 3.05) is 27.4 Å². The fourth-order valence-corrected chi connectivity index (χ4v) is 4.72. The predicted molar refractivity (Wildman–Crippen MR) is 127 cm³/mol. The van der Waals surface area contributed by atoms with E-state index in [2.05, 4.69) is 26.0 Å². The zero-order valence-electron chi connectivity index (χ0n) is 20.1. The Kier molecular flexibility index (Phi) is 8.19. The van der Waals surface area contributed by atoms with Crippen LogP contribution in [0.5, 0.6) is 11.5 Å². The van der Waals surface area contributed by atoms with Gasteiger partial charge in [0.25, 0.3) is 0 Å². The molecule has 0 saturated carbocycles. The Balaban J connectivity index is 1.85. The average Bonchev–Trinajstić information content (AvgIpc) is 2.82. The Hall–Kier alpha value is -2.53. The van der Waals surface area contributed by atoms with Crippen molar-refractivity contribution in [3.63, 3.8) is 0 Å². The third-order valence-electron chi connectivity index (χ3n) is 6.76. The maximum atomic E-state index is 12.5. The second-order valence-electron chi connectivity index (χ2n) is 9.13. The van der Waals surface area contributed by atoms with Crippen molar-refractivity contribution in [2.45, 2.75) is 58.1 Å². The fraction of sp³-hybridized carbons (Fsp3) is 0.519. The molecular formula is C27H37NO4. The average molecular weight is 440 g/mol. The minimum atomic E-state index is -0.0899. The number of para-hydroxylation sites is 1. The summed E-state index contributed by atoms with van der Waals surface area (Å²) in [4.78, 5) is 14.5. The van der Waals surface area contributed by atoms with Gasteiger partial charge in [0.1, 0.15) is 11.5 Å². The quantitative estimate of drug-likeness (QED) is 0.538. The number of nitrogens with zero attached hydrogens (tertiary/aromatic N) is 1. The predicted octanol–water partition coefficient (Wildman–Crippen LogP) is 5.22. The number of carbonyl (C=O) groups excluding carboxylic acids is 1. The molecule has 1 heterocycles. The van der Waals surface area contributed by atoms with Crippen molar-refractivity contribution in [3.8, 4) is 11.5 Å². The standard InChI is InChI=1S/C27H37NO4/c1-20(2)26-18-27(15-17-32-26,24-8-6-7-9-25(24)31-5)14-16-28(21(3)29)19-22-10-12-23(30-4)13-11-22/h6-13,20,26H,14-19H2,1-5H3. The third-order valence-corrected chi connectivity index (χ3v) is 6.76. The summed E-state index contributed by atoms with van der Waals surface area (Å²) >= 11 is 0. The minimum absolute atomic E-state index is 0.0865. The van der Waals surface area contributed by atoms with Crippen LogP contribution in [0.15, 0.2) is 48.5 Å². The monoisotopic (exact) mass is 439 g/mol. The van der Waals surface area contributed by atoms with E-state index in [0.717, 1.165) is 42.9 Å². The summed E-state index contributed by atoms with van der Waals surface area (Å²) in [6, 6.07) is 16.2. The molecule has 32 heavy (non-hydrogen) atoms. The summed E-state index contributed by atoms with van der Waals surface area (Å²) in [6.07, 6.45) is 2.92. The molecule has 3 rings (SSSR count). The molecule has 174 valence electrons. The maximum absolute atomic E-state index is 12.5. The van der Waals surface area contributed by atoms with Gasteiger partial charge in [-0.2, -0.15) is 0 Å². The van der Waals surface area contributed by atoms with Crippen LogP contribution in [-0.4, -0.2) is 44.3 Å². The van der Waals surface area contributed by atoms with Crippen LogP contribution >= 0.6 is 0 Å². The molecule has 1 saturated heterocycles. The van der Waals surface area contributed by atoms with Crippen molar-refractivity contribution in [1.29, 1.82) is 0 Å². The van der Waals surface area contributed by atoms with E-state index in [1.807, 2.05) is 41.3 Å². The van der Waals surface area contributed by atoms with E-state index in [9.17, 15) is 4.79 Å². The van der Waals surface area contributed by atoms with Crippen LogP contribution in [-0.2, 0) is 21.5 Å². The van der Waals surface area contributed by atoms with Crippen LogP contribution in [0.4, 0.5) is 0 Å². The summed E-state index contributed by atoms with van der Waals surface area (Å²) in [5, 5.41) is 0. The molecular weight excluding hydrogens is 402 g/mol. The second kappa shape index (κ2) is 10.9. The molecule has 0 aromatic heterocycles. The molecule has 1 aliphatic rings. The third kappa shape index (κ3) is 5.63. The van der Waals surface area contributed by atoms with E-state index >= 15 is 0 Å². The summed E-state index contributed by atoms with van der Waals surface area (Å²) in [6.45, 7) is 8.08. The lowest BCUT2D eigenvalue weighted by atomic mass is 9.68. The molecule has 0 spiro atoms. The number of hydrogen-bond donors (Lipinski definition) is 0. The molecule has 0 bridgehead atoms. The molecule has 1 aliphatic heterocycles. The maximum Gasteiger partial charge on any atom is 0.219 e. The summed E-state index contributed by atoms with van der Waals surface area (Å²) < 4.78 is 17.1. The van der Waals surface area contributed by atoms with Gasteiger partial charge in [-0.25, -0.2) is 0 Å². The molecule has 2 atom stereocenters.